The molecule has 0 saturated heterocycles. The Morgan fingerprint density at radius 1 is 0.956 bits per heavy atom. The number of hydrogen-bond donors (Lipinski definition) is 3. The highest BCUT2D eigenvalue weighted by molar-refractivity contribution is 6.00. The minimum absolute atomic E-state index is 0.0277. The third-order valence-electron chi connectivity index (χ3n) is 7.75. The second-order valence-electron chi connectivity index (χ2n) is 11.0. The summed E-state index contributed by atoms with van der Waals surface area (Å²) in [5.41, 5.74) is 1.34. The van der Waals surface area contributed by atoms with Crippen LogP contribution < -0.4 is 25.2 Å². The van der Waals surface area contributed by atoms with Gasteiger partial charge in [-0.1, -0.05) is 37.1 Å². The number of carboxylic acids is 1. The van der Waals surface area contributed by atoms with Gasteiger partial charge in [-0.3, -0.25) is 14.4 Å². The predicted molar refractivity (Wildman–Crippen MR) is 166 cm³/mol. The molecule has 1 aliphatic rings. The van der Waals surface area contributed by atoms with Gasteiger partial charge in [0.25, 0.3) is 5.91 Å². The van der Waals surface area contributed by atoms with Crippen molar-refractivity contribution in [1.29, 1.82) is 0 Å². The quantitative estimate of drug-likeness (QED) is 0.243. The van der Waals surface area contributed by atoms with Crippen molar-refractivity contribution < 1.29 is 37.8 Å². The van der Waals surface area contributed by atoms with Crippen molar-refractivity contribution in [2.75, 3.05) is 41.9 Å². The van der Waals surface area contributed by atoms with Gasteiger partial charge >= 0.3 is 12.0 Å². The van der Waals surface area contributed by atoms with E-state index in [-0.39, 0.29) is 23.9 Å². The SMILES string of the molecule is CC(C(=O)O)c1cccc(NC(=O)NCC(=O)N(CC2CCCC2)c2ccccc2OCC(=O)N(C)c2cc(F)cc(F)c2)c1. The van der Waals surface area contributed by atoms with E-state index in [4.69, 9.17) is 4.74 Å². The van der Waals surface area contributed by atoms with Gasteiger partial charge in [-0.2, -0.15) is 0 Å². The summed E-state index contributed by atoms with van der Waals surface area (Å²) < 4.78 is 33.2. The van der Waals surface area contributed by atoms with Crippen LogP contribution in [0.1, 0.15) is 44.1 Å². The first-order valence-corrected chi connectivity index (χ1v) is 14.6. The summed E-state index contributed by atoms with van der Waals surface area (Å²) in [7, 11) is 1.38. The Morgan fingerprint density at radius 2 is 1.64 bits per heavy atom. The van der Waals surface area contributed by atoms with Crippen LogP contribution in [0.25, 0.3) is 0 Å². The van der Waals surface area contributed by atoms with Crippen LogP contribution in [0, 0.1) is 17.6 Å². The number of para-hydroxylation sites is 2. The molecule has 4 amide bonds. The van der Waals surface area contributed by atoms with E-state index in [0.717, 1.165) is 42.7 Å². The summed E-state index contributed by atoms with van der Waals surface area (Å²) in [6.45, 7) is 1.12. The van der Waals surface area contributed by atoms with Gasteiger partial charge in [0.1, 0.15) is 17.4 Å². The summed E-state index contributed by atoms with van der Waals surface area (Å²) in [6.07, 6.45) is 3.98. The van der Waals surface area contributed by atoms with Crippen LogP contribution >= 0.6 is 0 Å². The summed E-state index contributed by atoms with van der Waals surface area (Å²) in [6, 6.07) is 15.3. The van der Waals surface area contributed by atoms with Gasteiger partial charge in [-0.25, -0.2) is 13.6 Å². The van der Waals surface area contributed by atoms with Gasteiger partial charge < -0.3 is 30.3 Å². The summed E-state index contributed by atoms with van der Waals surface area (Å²) >= 11 is 0. The molecule has 0 spiro atoms. The summed E-state index contributed by atoms with van der Waals surface area (Å²) in [5, 5.41) is 14.5. The minimum Gasteiger partial charge on any atom is -0.482 e. The van der Waals surface area contributed by atoms with Crippen molar-refractivity contribution >= 4 is 40.9 Å². The molecule has 0 aromatic heterocycles. The molecule has 0 aliphatic heterocycles. The van der Waals surface area contributed by atoms with Gasteiger partial charge in [0, 0.05) is 31.0 Å². The van der Waals surface area contributed by atoms with Crippen LogP contribution in [0.2, 0.25) is 0 Å². The molecule has 1 fully saturated rings. The Morgan fingerprint density at radius 3 is 2.33 bits per heavy atom. The van der Waals surface area contributed by atoms with Crippen molar-refractivity contribution in [1.82, 2.24) is 5.32 Å². The molecule has 0 radical (unpaired) electrons. The number of carboxylic acid groups (broad SMARTS) is 1. The van der Waals surface area contributed by atoms with Crippen LogP contribution in [0.3, 0.4) is 0 Å². The Hall–Kier alpha value is -5.00. The van der Waals surface area contributed by atoms with Gasteiger partial charge in [0.2, 0.25) is 5.91 Å². The van der Waals surface area contributed by atoms with E-state index < -0.39 is 48.0 Å². The predicted octanol–water partition coefficient (Wildman–Crippen LogP) is 5.54. The molecule has 0 heterocycles. The molecule has 1 atom stereocenters. The van der Waals surface area contributed by atoms with Gasteiger partial charge in [0.15, 0.2) is 6.61 Å². The second kappa shape index (κ2) is 15.1. The van der Waals surface area contributed by atoms with Gasteiger partial charge in [0.05, 0.1) is 18.2 Å². The van der Waals surface area contributed by atoms with Crippen molar-refractivity contribution in [2.24, 2.45) is 5.92 Å². The highest BCUT2D eigenvalue weighted by atomic mass is 19.1. The number of aliphatic carboxylic acids is 1. The number of halogens is 2. The summed E-state index contributed by atoms with van der Waals surface area (Å²) in [4.78, 5) is 53.0. The van der Waals surface area contributed by atoms with E-state index in [9.17, 15) is 33.1 Å². The number of amides is 4. The maximum atomic E-state index is 13.7. The number of rotatable bonds is 12. The highest BCUT2D eigenvalue weighted by Crippen LogP contribution is 2.33. The Kier molecular flexibility index (Phi) is 11.1. The topological polar surface area (TPSA) is 128 Å². The number of hydrogen-bond acceptors (Lipinski definition) is 5. The molecule has 3 aromatic carbocycles. The number of nitrogens with one attached hydrogen (secondary N) is 2. The Labute approximate surface area is 260 Å². The van der Waals surface area contributed by atoms with E-state index in [1.54, 1.807) is 55.5 Å². The first kappa shape index (κ1) is 32.9. The molecule has 3 N–H and O–H groups in total. The van der Waals surface area contributed by atoms with Crippen molar-refractivity contribution in [3.05, 3.63) is 83.9 Å². The highest BCUT2D eigenvalue weighted by Gasteiger charge is 2.26. The van der Waals surface area contributed by atoms with E-state index in [0.29, 0.717) is 29.5 Å². The molecule has 4 rings (SSSR count). The smallest absolute Gasteiger partial charge is 0.319 e. The molecule has 1 saturated carbocycles. The van der Waals surface area contributed by atoms with Crippen LogP contribution in [0.4, 0.5) is 30.6 Å². The molecular formula is C33H36F2N4O6. The van der Waals surface area contributed by atoms with Crippen molar-refractivity contribution in [3.63, 3.8) is 0 Å². The zero-order chi connectivity index (χ0) is 32.5. The Balaban J connectivity index is 1.44. The number of anilines is 3. The Bertz CT molecular complexity index is 1520. The third-order valence-corrected chi connectivity index (χ3v) is 7.75. The maximum absolute atomic E-state index is 13.7. The lowest BCUT2D eigenvalue weighted by atomic mass is 10.0. The van der Waals surface area contributed by atoms with Crippen molar-refractivity contribution in [2.45, 2.75) is 38.5 Å². The van der Waals surface area contributed by atoms with Gasteiger partial charge in [-0.15, -0.1) is 0 Å². The fourth-order valence-electron chi connectivity index (χ4n) is 5.16. The zero-order valence-electron chi connectivity index (χ0n) is 25.1. The third kappa shape index (κ3) is 9.01. The average Bonchev–Trinajstić information content (AvgIpc) is 3.54. The van der Waals surface area contributed by atoms with Crippen LogP contribution in [0.5, 0.6) is 5.75 Å². The fourth-order valence-corrected chi connectivity index (χ4v) is 5.16. The van der Waals surface area contributed by atoms with Crippen LogP contribution in [-0.4, -0.2) is 55.7 Å². The fraction of sp³-hybridized carbons (Fsp3) is 0.333. The van der Waals surface area contributed by atoms with Gasteiger partial charge in [-0.05, 0) is 67.6 Å². The lowest BCUT2D eigenvalue weighted by molar-refractivity contribution is -0.138. The molecule has 1 unspecified atom stereocenters. The monoisotopic (exact) mass is 622 g/mol. The first-order valence-electron chi connectivity index (χ1n) is 14.6. The van der Waals surface area contributed by atoms with E-state index in [1.807, 2.05) is 0 Å². The van der Waals surface area contributed by atoms with E-state index >= 15 is 0 Å². The second-order valence-corrected chi connectivity index (χ2v) is 11.0. The zero-order valence-corrected chi connectivity index (χ0v) is 25.1. The first-order chi connectivity index (χ1) is 21.5. The molecular weight excluding hydrogens is 586 g/mol. The number of likely N-dealkylation sites (N-methyl/N-ethyl adjacent to an activating group) is 1. The number of urea groups is 1. The number of nitrogens with zero attached hydrogens (tertiary/aromatic N) is 2. The minimum atomic E-state index is -0.993. The normalized spacial score (nSPS) is 13.5. The molecule has 0 bridgehead atoms. The molecule has 12 heteroatoms. The lowest BCUT2D eigenvalue weighted by Gasteiger charge is -2.28. The summed E-state index contributed by atoms with van der Waals surface area (Å²) in [5.74, 6) is -3.87. The van der Waals surface area contributed by atoms with Crippen molar-refractivity contribution in [3.8, 4) is 5.75 Å². The molecule has 45 heavy (non-hydrogen) atoms. The number of benzene rings is 3. The maximum Gasteiger partial charge on any atom is 0.319 e. The molecule has 3 aromatic rings. The number of carbonyl (C=O) groups is 4. The van der Waals surface area contributed by atoms with E-state index in [1.165, 1.54) is 11.9 Å². The largest absolute Gasteiger partial charge is 0.482 e. The van der Waals surface area contributed by atoms with Crippen LogP contribution in [0.15, 0.2) is 66.7 Å². The van der Waals surface area contributed by atoms with E-state index in [2.05, 4.69) is 10.6 Å². The lowest BCUT2D eigenvalue weighted by Crippen LogP contribution is -2.43. The number of carbonyl (C=O) groups excluding carboxylic acids is 3. The average molecular weight is 623 g/mol. The van der Waals surface area contributed by atoms with Crippen LogP contribution in [-0.2, 0) is 14.4 Å². The molecule has 1 aliphatic carbocycles. The molecule has 238 valence electrons. The standard InChI is InChI=1S/C33H36F2N4O6/c1-21(32(42)43)23-10-7-11-26(14-23)37-33(44)36-18-30(40)39(19-22-8-3-4-9-22)28-12-5-6-13-29(28)45-20-31(41)38(2)27-16-24(34)15-25(35)17-27/h5-7,10-17,21-22H,3-4,8-9,18-20H2,1-2H3,(H,42,43)(H2,36,37,44). The molecule has 10 nitrogen and oxygen atoms in total. The number of ether oxygens (including phenoxy) is 1.